The van der Waals surface area contributed by atoms with E-state index in [1.807, 2.05) is 30.2 Å². The molecule has 146 valence electrons. The molecule has 1 N–H and O–H groups in total. The number of aliphatic imine (C=N–C) groups is 1. The van der Waals surface area contributed by atoms with Gasteiger partial charge in [0.05, 0.1) is 18.8 Å². The fourth-order valence-electron chi connectivity index (χ4n) is 3.62. The van der Waals surface area contributed by atoms with Gasteiger partial charge in [-0.2, -0.15) is 5.10 Å². The van der Waals surface area contributed by atoms with Crippen LogP contribution in [0.2, 0.25) is 0 Å². The van der Waals surface area contributed by atoms with E-state index in [1.54, 1.807) is 0 Å². The Kier molecular flexibility index (Phi) is 7.76. The first-order chi connectivity index (χ1) is 12.8. The maximum Gasteiger partial charge on any atom is 0.193 e. The second kappa shape index (κ2) is 10.5. The van der Waals surface area contributed by atoms with Gasteiger partial charge in [0, 0.05) is 52.2 Å². The SMILES string of the molecule is CN=C(NCCCn1cccn1)N1CCC(OCC2CCCCO2)CC1. The maximum absolute atomic E-state index is 6.10. The number of piperidine rings is 1. The molecule has 0 aromatic carbocycles. The summed E-state index contributed by atoms with van der Waals surface area (Å²) in [5.41, 5.74) is 0. The molecule has 2 fully saturated rings. The van der Waals surface area contributed by atoms with Crippen LogP contribution in [0.5, 0.6) is 0 Å². The van der Waals surface area contributed by atoms with Crippen LogP contribution in [-0.2, 0) is 16.0 Å². The Morgan fingerprint density at radius 1 is 1.31 bits per heavy atom. The molecule has 1 aromatic heterocycles. The van der Waals surface area contributed by atoms with Gasteiger partial charge in [-0.05, 0) is 44.6 Å². The van der Waals surface area contributed by atoms with Crippen molar-refractivity contribution >= 4 is 5.96 Å². The average Bonchev–Trinajstić information content (AvgIpc) is 3.21. The molecule has 0 spiro atoms. The number of guanidine groups is 1. The van der Waals surface area contributed by atoms with E-state index in [2.05, 4.69) is 20.3 Å². The minimum Gasteiger partial charge on any atom is -0.376 e. The lowest BCUT2D eigenvalue weighted by molar-refractivity contribution is -0.0721. The number of nitrogens with zero attached hydrogens (tertiary/aromatic N) is 4. The molecule has 7 nitrogen and oxygen atoms in total. The van der Waals surface area contributed by atoms with Gasteiger partial charge in [-0.25, -0.2) is 0 Å². The fourth-order valence-corrected chi connectivity index (χ4v) is 3.62. The van der Waals surface area contributed by atoms with Crippen molar-refractivity contribution in [3.63, 3.8) is 0 Å². The lowest BCUT2D eigenvalue weighted by Gasteiger charge is -2.35. The van der Waals surface area contributed by atoms with Crippen LogP contribution >= 0.6 is 0 Å². The molecule has 0 bridgehead atoms. The number of aromatic nitrogens is 2. The Morgan fingerprint density at radius 2 is 2.19 bits per heavy atom. The molecule has 26 heavy (non-hydrogen) atoms. The zero-order chi connectivity index (χ0) is 18.0. The van der Waals surface area contributed by atoms with Crippen molar-refractivity contribution in [2.24, 2.45) is 4.99 Å². The molecule has 1 unspecified atom stereocenters. The van der Waals surface area contributed by atoms with Gasteiger partial charge in [-0.3, -0.25) is 9.67 Å². The minimum absolute atomic E-state index is 0.311. The second-order valence-corrected chi connectivity index (χ2v) is 7.11. The summed E-state index contributed by atoms with van der Waals surface area (Å²) in [4.78, 5) is 6.78. The van der Waals surface area contributed by atoms with Gasteiger partial charge in [0.2, 0.25) is 0 Å². The van der Waals surface area contributed by atoms with E-state index in [0.717, 1.165) is 71.0 Å². The Hall–Kier alpha value is -1.60. The van der Waals surface area contributed by atoms with Crippen LogP contribution in [0.1, 0.15) is 38.5 Å². The monoisotopic (exact) mass is 363 g/mol. The number of hydrogen-bond acceptors (Lipinski definition) is 4. The van der Waals surface area contributed by atoms with Crippen LogP contribution < -0.4 is 5.32 Å². The summed E-state index contributed by atoms with van der Waals surface area (Å²) in [6, 6.07) is 1.96. The van der Waals surface area contributed by atoms with Crippen molar-refractivity contribution in [1.82, 2.24) is 20.0 Å². The molecule has 2 aliphatic rings. The van der Waals surface area contributed by atoms with Crippen LogP contribution in [0.3, 0.4) is 0 Å². The van der Waals surface area contributed by atoms with E-state index >= 15 is 0 Å². The summed E-state index contributed by atoms with van der Waals surface area (Å²) >= 11 is 0. The topological polar surface area (TPSA) is 63.9 Å². The van der Waals surface area contributed by atoms with Crippen LogP contribution in [0.25, 0.3) is 0 Å². The lowest BCUT2D eigenvalue weighted by Crippen LogP contribution is -2.47. The van der Waals surface area contributed by atoms with Crippen LogP contribution in [0, 0.1) is 0 Å². The van der Waals surface area contributed by atoms with E-state index in [9.17, 15) is 0 Å². The van der Waals surface area contributed by atoms with E-state index < -0.39 is 0 Å². The first kappa shape index (κ1) is 19.2. The number of nitrogens with one attached hydrogen (secondary N) is 1. The van der Waals surface area contributed by atoms with Gasteiger partial charge >= 0.3 is 0 Å². The first-order valence-corrected chi connectivity index (χ1v) is 10.0. The predicted octanol–water partition coefficient (Wildman–Crippen LogP) is 1.90. The lowest BCUT2D eigenvalue weighted by atomic mass is 10.1. The summed E-state index contributed by atoms with van der Waals surface area (Å²) < 4.78 is 13.8. The molecule has 7 heteroatoms. The van der Waals surface area contributed by atoms with Gasteiger partial charge in [0.1, 0.15) is 0 Å². The average molecular weight is 364 g/mol. The number of aryl methyl sites for hydroxylation is 1. The number of likely N-dealkylation sites (tertiary alicyclic amines) is 1. The Balaban J connectivity index is 1.30. The molecule has 0 aliphatic carbocycles. The van der Waals surface area contributed by atoms with Crippen molar-refractivity contribution in [1.29, 1.82) is 0 Å². The zero-order valence-corrected chi connectivity index (χ0v) is 16.0. The van der Waals surface area contributed by atoms with Crippen LogP contribution in [0.4, 0.5) is 0 Å². The minimum atomic E-state index is 0.311. The summed E-state index contributed by atoms with van der Waals surface area (Å²) in [6.45, 7) is 5.47. The maximum atomic E-state index is 6.10. The number of ether oxygens (including phenoxy) is 2. The first-order valence-electron chi connectivity index (χ1n) is 10.0. The molecule has 3 rings (SSSR count). The quantitative estimate of drug-likeness (QED) is 0.455. The van der Waals surface area contributed by atoms with Crippen LogP contribution in [-0.4, -0.2) is 72.7 Å². The molecular formula is C19H33N5O2. The molecule has 0 radical (unpaired) electrons. The highest BCUT2D eigenvalue weighted by atomic mass is 16.5. The molecule has 0 amide bonds. The highest BCUT2D eigenvalue weighted by molar-refractivity contribution is 5.79. The highest BCUT2D eigenvalue weighted by Crippen LogP contribution is 2.17. The van der Waals surface area contributed by atoms with Crippen molar-refractivity contribution in [2.45, 2.75) is 57.3 Å². The largest absolute Gasteiger partial charge is 0.376 e. The van der Waals surface area contributed by atoms with Crippen molar-refractivity contribution < 1.29 is 9.47 Å². The van der Waals surface area contributed by atoms with Gasteiger partial charge < -0.3 is 19.7 Å². The van der Waals surface area contributed by atoms with Gasteiger partial charge in [-0.15, -0.1) is 0 Å². The smallest absolute Gasteiger partial charge is 0.193 e. The van der Waals surface area contributed by atoms with Gasteiger partial charge in [-0.1, -0.05) is 0 Å². The molecule has 0 saturated carbocycles. The van der Waals surface area contributed by atoms with E-state index in [4.69, 9.17) is 9.47 Å². The standard InChI is InChI=1S/C19H33N5O2/c1-20-19(21-9-4-11-24-12-5-10-22-24)23-13-7-17(8-14-23)26-16-18-6-2-3-15-25-18/h5,10,12,17-18H,2-4,6-9,11,13-16H2,1H3,(H,20,21). The fraction of sp³-hybridized carbons (Fsp3) is 0.789. The van der Waals surface area contributed by atoms with Gasteiger partial charge in [0.25, 0.3) is 0 Å². The van der Waals surface area contributed by atoms with Crippen molar-refractivity contribution in [2.75, 3.05) is 39.9 Å². The molecule has 2 saturated heterocycles. The summed E-state index contributed by atoms with van der Waals surface area (Å²) in [6.07, 6.45) is 11.2. The third kappa shape index (κ3) is 5.99. The highest BCUT2D eigenvalue weighted by Gasteiger charge is 2.23. The third-order valence-electron chi connectivity index (χ3n) is 5.15. The Labute approximate surface area is 156 Å². The van der Waals surface area contributed by atoms with Gasteiger partial charge in [0.15, 0.2) is 5.96 Å². The summed E-state index contributed by atoms with van der Waals surface area (Å²) in [5, 5.41) is 7.70. The van der Waals surface area contributed by atoms with E-state index in [1.165, 1.54) is 12.8 Å². The zero-order valence-electron chi connectivity index (χ0n) is 16.0. The third-order valence-corrected chi connectivity index (χ3v) is 5.15. The summed E-state index contributed by atoms with van der Waals surface area (Å²) in [5.74, 6) is 1.000. The molecule has 2 aliphatic heterocycles. The number of hydrogen-bond donors (Lipinski definition) is 1. The predicted molar refractivity (Wildman–Crippen MR) is 102 cm³/mol. The summed E-state index contributed by atoms with van der Waals surface area (Å²) in [7, 11) is 1.86. The Morgan fingerprint density at radius 3 is 2.88 bits per heavy atom. The molecular weight excluding hydrogens is 330 g/mol. The van der Waals surface area contributed by atoms with Crippen LogP contribution in [0.15, 0.2) is 23.5 Å². The second-order valence-electron chi connectivity index (χ2n) is 7.11. The van der Waals surface area contributed by atoms with Crippen molar-refractivity contribution in [3.05, 3.63) is 18.5 Å². The normalized spacial score (nSPS) is 22.6. The Bertz CT molecular complexity index is 520. The van der Waals surface area contributed by atoms with E-state index in [0.29, 0.717) is 12.2 Å². The molecule has 1 aromatic rings. The molecule has 3 heterocycles. The molecule has 1 atom stereocenters. The van der Waals surface area contributed by atoms with E-state index in [-0.39, 0.29) is 0 Å². The van der Waals surface area contributed by atoms with Crippen molar-refractivity contribution in [3.8, 4) is 0 Å². The number of rotatable bonds is 7.